The van der Waals surface area contributed by atoms with Gasteiger partial charge in [-0.05, 0) is 55.9 Å². The molecule has 7 rings (SSSR count). The van der Waals surface area contributed by atoms with Crippen LogP contribution in [0.15, 0.2) is 72.4 Å². The Labute approximate surface area is 213 Å². The number of fused-ring (bicyclic) bond motifs is 3. The van der Waals surface area contributed by atoms with Gasteiger partial charge in [-0.15, -0.1) is 0 Å². The Balaban J connectivity index is 1.58. The molecule has 180 valence electrons. The van der Waals surface area contributed by atoms with E-state index in [0.29, 0.717) is 29.9 Å². The number of hydrogen-bond acceptors (Lipinski definition) is 5. The minimum atomic E-state index is -0.658. The van der Waals surface area contributed by atoms with Gasteiger partial charge in [0.1, 0.15) is 11.9 Å². The quantitative estimate of drug-likeness (QED) is 0.340. The van der Waals surface area contributed by atoms with Crippen LogP contribution >= 0.6 is 0 Å². The number of carbonyl (C=O) groups excluding carboxylic acids is 1. The lowest BCUT2D eigenvalue weighted by atomic mass is 9.57. The van der Waals surface area contributed by atoms with Crippen LogP contribution in [-0.4, -0.2) is 20.7 Å². The highest BCUT2D eigenvalue weighted by Gasteiger charge is 2.78. The van der Waals surface area contributed by atoms with Crippen molar-refractivity contribution in [1.29, 1.82) is 5.26 Å². The molecule has 0 N–H and O–H groups in total. The van der Waals surface area contributed by atoms with E-state index < -0.39 is 10.8 Å². The Morgan fingerprint density at radius 2 is 1.78 bits per heavy atom. The fraction of sp³-hybridized carbons (Fsp3) is 0.258. The van der Waals surface area contributed by atoms with E-state index >= 15 is 4.39 Å². The van der Waals surface area contributed by atoms with Crippen LogP contribution in [0, 0.1) is 28.0 Å². The van der Waals surface area contributed by atoms with Gasteiger partial charge in [0.25, 0.3) is 0 Å². The minimum absolute atomic E-state index is 0.0698. The largest absolute Gasteiger partial charge is 0.293 e. The van der Waals surface area contributed by atoms with Gasteiger partial charge in [-0.25, -0.2) is 14.4 Å². The van der Waals surface area contributed by atoms with Crippen LogP contribution in [0.25, 0.3) is 33.5 Å². The number of para-hydroxylation sites is 1. The van der Waals surface area contributed by atoms with Gasteiger partial charge in [0.15, 0.2) is 11.6 Å². The zero-order valence-corrected chi connectivity index (χ0v) is 20.5. The Bertz CT molecular complexity index is 1750. The van der Waals surface area contributed by atoms with E-state index in [0.717, 1.165) is 34.1 Å². The van der Waals surface area contributed by atoms with E-state index in [1.165, 1.54) is 6.07 Å². The van der Waals surface area contributed by atoms with Gasteiger partial charge in [-0.1, -0.05) is 43.3 Å². The molecule has 0 saturated heterocycles. The third-order valence-corrected chi connectivity index (χ3v) is 9.20. The molecule has 1 unspecified atom stereocenters. The molecule has 1 spiro atoms. The van der Waals surface area contributed by atoms with Gasteiger partial charge in [-0.3, -0.25) is 9.78 Å². The molecule has 0 amide bonds. The number of ketones is 1. The first kappa shape index (κ1) is 22.0. The van der Waals surface area contributed by atoms with Crippen molar-refractivity contribution in [3.8, 4) is 28.7 Å². The molecular formula is C31H23FN4O. The Hall–Kier alpha value is -4.24. The molecule has 3 aliphatic carbocycles. The first-order valence-electron chi connectivity index (χ1n) is 12.5. The first-order valence-corrected chi connectivity index (χ1v) is 12.5. The van der Waals surface area contributed by atoms with Crippen molar-refractivity contribution < 1.29 is 9.18 Å². The number of benzene rings is 2. The number of halogens is 1. The summed E-state index contributed by atoms with van der Waals surface area (Å²) in [5.74, 6) is 0.0717. The summed E-state index contributed by atoms with van der Waals surface area (Å²) in [4.78, 5) is 27.9. The van der Waals surface area contributed by atoms with E-state index in [2.05, 4.69) is 18.0 Å². The van der Waals surface area contributed by atoms with Crippen molar-refractivity contribution in [1.82, 2.24) is 15.0 Å². The van der Waals surface area contributed by atoms with E-state index in [9.17, 15) is 10.1 Å². The van der Waals surface area contributed by atoms with Crippen LogP contribution in [0.3, 0.4) is 0 Å². The summed E-state index contributed by atoms with van der Waals surface area (Å²) in [7, 11) is 0. The maximum Gasteiger partial charge on any atom is 0.179 e. The molecule has 0 bridgehead atoms. The highest BCUT2D eigenvalue weighted by Crippen LogP contribution is 2.78. The van der Waals surface area contributed by atoms with Crippen molar-refractivity contribution >= 4 is 16.7 Å². The predicted octanol–water partition coefficient (Wildman–Crippen LogP) is 6.13. The molecular weight excluding hydrogens is 463 g/mol. The molecule has 1 saturated carbocycles. The highest BCUT2D eigenvalue weighted by molar-refractivity contribution is 6.07. The summed E-state index contributed by atoms with van der Waals surface area (Å²) in [6.07, 6.45) is 5.68. The third kappa shape index (κ3) is 2.66. The van der Waals surface area contributed by atoms with Gasteiger partial charge in [0, 0.05) is 39.1 Å². The molecule has 5 nitrogen and oxygen atoms in total. The van der Waals surface area contributed by atoms with Crippen molar-refractivity contribution in [2.24, 2.45) is 10.8 Å². The molecule has 3 atom stereocenters. The zero-order chi connectivity index (χ0) is 25.6. The number of pyridine rings is 1. The lowest BCUT2D eigenvalue weighted by Crippen LogP contribution is -2.46. The topological polar surface area (TPSA) is 79.5 Å². The van der Waals surface area contributed by atoms with Crippen molar-refractivity contribution in [2.45, 2.75) is 38.5 Å². The Morgan fingerprint density at radius 3 is 2.59 bits per heavy atom. The third-order valence-electron chi connectivity index (χ3n) is 9.20. The lowest BCUT2D eigenvalue weighted by molar-refractivity contribution is -0.122. The fourth-order valence-electron chi connectivity index (χ4n) is 7.18. The number of nitrogens with zero attached hydrogens (tertiary/aromatic N) is 4. The predicted molar refractivity (Wildman–Crippen MR) is 138 cm³/mol. The fourth-order valence-corrected chi connectivity index (χ4v) is 7.18. The minimum Gasteiger partial charge on any atom is -0.293 e. The van der Waals surface area contributed by atoms with E-state index in [1.54, 1.807) is 18.3 Å². The Kier molecular flexibility index (Phi) is 4.26. The number of carbonyl (C=O) groups is 1. The standard InChI is InChI=1S/C31H23FN4O/c1-29-15-18(16-33)27(37)30(2)17-31(29,30)13-11-22-25(21-8-3-5-9-23(21)32)35-28(36-26(22)29)20-12-14-34-24-10-6-4-7-19(20)24/h3-10,12,14-15H,11,13,17H2,1-2H3/t29-,30?,31-/m0/s1. The second-order valence-corrected chi connectivity index (χ2v) is 10.9. The van der Waals surface area contributed by atoms with Crippen LogP contribution in [0.1, 0.15) is 37.9 Å². The second kappa shape index (κ2) is 7.17. The van der Waals surface area contributed by atoms with Gasteiger partial charge < -0.3 is 0 Å². The molecule has 2 heterocycles. The van der Waals surface area contributed by atoms with Crippen LogP contribution in [-0.2, 0) is 16.6 Å². The van der Waals surface area contributed by atoms with Crippen molar-refractivity contribution in [2.75, 3.05) is 0 Å². The van der Waals surface area contributed by atoms with E-state index in [-0.39, 0.29) is 22.6 Å². The zero-order valence-electron chi connectivity index (χ0n) is 20.5. The molecule has 1 fully saturated rings. The summed E-state index contributed by atoms with van der Waals surface area (Å²) in [5.41, 5.74) is 2.92. The number of nitriles is 1. The molecule has 4 aromatic rings. The van der Waals surface area contributed by atoms with Gasteiger partial charge in [0.05, 0.1) is 22.5 Å². The maximum absolute atomic E-state index is 15.2. The van der Waals surface area contributed by atoms with Crippen molar-refractivity contribution in [3.05, 3.63) is 89.5 Å². The summed E-state index contributed by atoms with van der Waals surface area (Å²) in [6, 6.07) is 18.5. The normalized spacial score (nSPS) is 27.5. The van der Waals surface area contributed by atoms with Crippen LogP contribution < -0.4 is 0 Å². The molecule has 37 heavy (non-hydrogen) atoms. The average molecular weight is 487 g/mol. The van der Waals surface area contributed by atoms with Crippen LogP contribution in [0.4, 0.5) is 4.39 Å². The van der Waals surface area contributed by atoms with Crippen molar-refractivity contribution in [3.63, 3.8) is 0 Å². The van der Waals surface area contributed by atoms with Gasteiger partial charge in [0.2, 0.25) is 0 Å². The number of aromatic nitrogens is 3. The molecule has 6 heteroatoms. The summed E-state index contributed by atoms with van der Waals surface area (Å²) < 4.78 is 15.2. The number of Topliss-reactive ketones (excluding diaryl/α,β-unsaturated/α-hetero) is 1. The smallest absolute Gasteiger partial charge is 0.179 e. The summed E-state index contributed by atoms with van der Waals surface area (Å²) in [6.45, 7) is 4.08. The van der Waals surface area contributed by atoms with Crippen LogP contribution in [0.5, 0.6) is 0 Å². The SMILES string of the molecule is CC12C[C@]13CCc1c(-c4ccccc4F)nc(-c4ccnc5ccccc45)nc1[C@]3(C)C=C(C#N)C2=O. The summed E-state index contributed by atoms with van der Waals surface area (Å²) >= 11 is 0. The molecule has 0 aliphatic heterocycles. The van der Waals surface area contributed by atoms with Gasteiger partial charge >= 0.3 is 0 Å². The monoisotopic (exact) mass is 486 g/mol. The van der Waals surface area contributed by atoms with E-state index in [1.807, 2.05) is 49.4 Å². The number of rotatable bonds is 2. The number of hydrogen-bond donors (Lipinski definition) is 0. The molecule has 2 aromatic carbocycles. The number of allylic oxidation sites excluding steroid dienone is 2. The molecule has 3 aliphatic rings. The lowest BCUT2D eigenvalue weighted by Gasteiger charge is -2.46. The highest BCUT2D eigenvalue weighted by atomic mass is 19.1. The first-order chi connectivity index (χ1) is 17.8. The van der Waals surface area contributed by atoms with Gasteiger partial charge in [-0.2, -0.15) is 5.26 Å². The second-order valence-electron chi connectivity index (χ2n) is 10.9. The average Bonchev–Trinajstić information content (AvgIpc) is 3.56. The summed E-state index contributed by atoms with van der Waals surface area (Å²) in [5, 5.41) is 10.8. The maximum atomic E-state index is 15.2. The Morgan fingerprint density at radius 1 is 1.00 bits per heavy atom. The molecule has 2 aromatic heterocycles. The molecule has 0 radical (unpaired) electrons. The van der Waals surface area contributed by atoms with Crippen LogP contribution in [0.2, 0.25) is 0 Å². The van der Waals surface area contributed by atoms with E-state index in [4.69, 9.17) is 9.97 Å².